The maximum absolute atomic E-state index is 12.9. The van der Waals surface area contributed by atoms with Gasteiger partial charge in [0, 0.05) is 11.3 Å². The van der Waals surface area contributed by atoms with E-state index in [1.165, 1.54) is 42.4 Å². The van der Waals surface area contributed by atoms with Crippen molar-refractivity contribution in [3.63, 3.8) is 0 Å². The highest BCUT2D eigenvalue weighted by Gasteiger charge is 2.34. The van der Waals surface area contributed by atoms with Gasteiger partial charge in [-0.2, -0.15) is 0 Å². The molecule has 3 aromatic carbocycles. The van der Waals surface area contributed by atoms with Crippen LogP contribution in [0.1, 0.15) is 17.5 Å². The number of alkyl halides is 6. The molecule has 0 atom stereocenters. The number of hydrazone groups is 1. The zero-order valence-electron chi connectivity index (χ0n) is 21.6. The van der Waals surface area contributed by atoms with Crippen LogP contribution >= 0.6 is 11.8 Å². The number of hydrogen-bond donors (Lipinski definition) is 2. The number of nitrogens with two attached hydrogens (primary N) is 1. The van der Waals surface area contributed by atoms with Crippen LogP contribution in [0.3, 0.4) is 0 Å². The molecule has 8 nitrogen and oxygen atoms in total. The van der Waals surface area contributed by atoms with Gasteiger partial charge in [-0.1, -0.05) is 41.5 Å². The Bertz CT molecular complexity index is 1490. The van der Waals surface area contributed by atoms with Gasteiger partial charge in [0.15, 0.2) is 11.4 Å². The van der Waals surface area contributed by atoms with Gasteiger partial charge >= 0.3 is 17.9 Å². The van der Waals surface area contributed by atoms with E-state index in [1.54, 1.807) is 47.2 Å². The lowest BCUT2D eigenvalue weighted by Gasteiger charge is -2.18. The maximum atomic E-state index is 12.9. The van der Waals surface area contributed by atoms with E-state index >= 15 is 0 Å². The highest BCUT2D eigenvalue weighted by atomic mass is 32.2. The van der Waals surface area contributed by atoms with E-state index in [4.69, 9.17) is 5.73 Å². The van der Waals surface area contributed by atoms with Crippen molar-refractivity contribution in [1.82, 2.24) is 5.43 Å². The molecule has 4 rings (SSSR count). The second kappa shape index (κ2) is 13.4. The zero-order chi connectivity index (χ0) is 30.2. The molecule has 0 aromatic heterocycles. The summed E-state index contributed by atoms with van der Waals surface area (Å²) >= 11 is 1.43. The molecule has 0 aliphatic carbocycles. The Morgan fingerprint density at radius 1 is 0.905 bits per heavy atom. The molecule has 1 aliphatic rings. The fourth-order valence-electron chi connectivity index (χ4n) is 3.65. The molecule has 0 amide bonds. The number of ether oxygens (including phenoxy) is 2. The Morgan fingerprint density at radius 3 is 2.29 bits per heavy atom. The van der Waals surface area contributed by atoms with Crippen molar-refractivity contribution < 1.29 is 40.4 Å². The van der Waals surface area contributed by atoms with E-state index < -0.39 is 12.7 Å². The number of thioether (sulfide) groups is 1. The number of aliphatic imine (C=N–C) groups is 2. The molecule has 0 saturated heterocycles. The largest absolute Gasteiger partial charge is 0.573 e. The number of amidine groups is 2. The molecule has 0 unspecified atom stereocenters. The van der Waals surface area contributed by atoms with Gasteiger partial charge in [0.2, 0.25) is 0 Å². The van der Waals surface area contributed by atoms with Crippen LogP contribution in [0.2, 0.25) is 0 Å². The molecule has 15 heteroatoms. The molecule has 42 heavy (non-hydrogen) atoms. The van der Waals surface area contributed by atoms with E-state index in [2.05, 4.69) is 30.0 Å². The molecule has 1 aliphatic heterocycles. The molecule has 0 spiro atoms. The number of benzene rings is 3. The van der Waals surface area contributed by atoms with E-state index in [0.29, 0.717) is 28.5 Å². The van der Waals surface area contributed by atoms with Crippen LogP contribution in [-0.4, -0.2) is 53.2 Å². The van der Waals surface area contributed by atoms with Gasteiger partial charge < -0.3 is 15.2 Å². The first-order valence-electron chi connectivity index (χ1n) is 12.2. The summed E-state index contributed by atoms with van der Waals surface area (Å²) < 4.78 is 85.2. The van der Waals surface area contributed by atoms with Gasteiger partial charge in [-0.15, -0.1) is 31.8 Å². The van der Waals surface area contributed by atoms with E-state index in [-0.39, 0.29) is 23.0 Å². The molecule has 0 radical (unpaired) electrons. The standard InChI is InChI=1S/C27H22F6N6O2S/c28-26(29,30)40-21-12-10-20(11-13-21)35-17-36-24(34)19-8-6-18(7-9-19)16-37-38-25-39(14-3-15-42-25)22-4-1-2-5-23(22)41-27(31,32)33/h1-2,4-13,16-17H,3,14-15H2,(H2,34,35,36)/p+1/b37-16+. The molecule has 3 N–H and O–H groups in total. The SMILES string of the molecule is NC(=NC=Nc1ccc(OC(F)(F)F)cc1)c1ccc(/C=N/NC2=[N+](c3ccccc3OC(F)(F)F)CCCS2)cc1. The summed E-state index contributed by atoms with van der Waals surface area (Å²) in [6, 6.07) is 17.7. The summed E-state index contributed by atoms with van der Waals surface area (Å²) in [5.41, 5.74) is 10.8. The molecule has 3 aromatic rings. The van der Waals surface area contributed by atoms with Crippen LogP contribution < -0.4 is 20.6 Å². The van der Waals surface area contributed by atoms with Gasteiger partial charge in [0.25, 0.3) is 0 Å². The molecular formula is C27H23F6N6O2S+. The highest BCUT2D eigenvalue weighted by molar-refractivity contribution is 8.13. The minimum absolute atomic E-state index is 0.155. The highest BCUT2D eigenvalue weighted by Crippen LogP contribution is 2.33. The third kappa shape index (κ3) is 9.26. The first-order valence-corrected chi connectivity index (χ1v) is 13.2. The summed E-state index contributed by atoms with van der Waals surface area (Å²) in [5.74, 6) is 0.258. The molecule has 1 heterocycles. The first-order chi connectivity index (χ1) is 20.0. The summed E-state index contributed by atoms with van der Waals surface area (Å²) in [6.07, 6.45) is -6.11. The van der Waals surface area contributed by atoms with Gasteiger partial charge in [-0.05, 0) is 60.1 Å². The van der Waals surface area contributed by atoms with Gasteiger partial charge in [0.1, 0.15) is 17.9 Å². The van der Waals surface area contributed by atoms with Crippen LogP contribution in [0.15, 0.2) is 87.9 Å². The normalized spacial score (nSPS) is 15.0. The summed E-state index contributed by atoms with van der Waals surface area (Å²) in [4.78, 5) is 8.08. The minimum Gasteiger partial charge on any atom is -0.406 e. The lowest BCUT2D eigenvalue weighted by molar-refractivity contribution is -0.443. The number of para-hydroxylation sites is 2. The number of halogens is 6. The van der Waals surface area contributed by atoms with Crippen molar-refractivity contribution in [2.24, 2.45) is 20.8 Å². The van der Waals surface area contributed by atoms with Crippen molar-refractivity contribution in [1.29, 1.82) is 0 Å². The van der Waals surface area contributed by atoms with Gasteiger partial charge in [-0.25, -0.2) is 14.6 Å². The third-order valence-corrected chi connectivity index (χ3v) is 6.52. The van der Waals surface area contributed by atoms with Crippen LogP contribution in [0, 0.1) is 0 Å². The third-order valence-electron chi connectivity index (χ3n) is 5.45. The Morgan fingerprint density at radius 2 is 1.60 bits per heavy atom. The summed E-state index contributed by atoms with van der Waals surface area (Å²) in [6.45, 7) is 0.484. The summed E-state index contributed by atoms with van der Waals surface area (Å²) in [7, 11) is 0. The van der Waals surface area contributed by atoms with Crippen LogP contribution in [0.4, 0.5) is 37.7 Å². The zero-order valence-corrected chi connectivity index (χ0v) is 22.4. The van der Waals surface area contributed by atoms with Crippen molar-refractivity contribution in [2.45, 2.75) is 19.1 Å². The number of nitrogens with one attached hydrogen (secondary N) is 1. The molecule has 0 saturated carbocycles. The minimum atomic E-state index is -4.82. The van der Waals surface area contributed by atoms with Crippen LogP contribution in [0.5, 0.6) is 11.5 Å². The van der Waals surface area contributed by atoms with Crippen LogP contribution in [0.25, 0.3) is 0 Å². The number of hydrogen-bond acceptors (Lipinski definition) is 6. The van der Waals surface area contributed by atoms with Crippen molar-refractivity contribution in [2.75, 3.05) is 12.3 Å². The Labute approximate surface area is 240 Å². The monoisotopic (exact) mass is 609 g/mol. The van der Waals surface area contributed by atoms with Crippen molar-refractivity contribution in [3.05, 3.63) is 83.9 Å². The van der Waals surface area contributed by atoms with Crippen LogP contribution in [-0.2, 0) is 0 Å². The quantitative estimate of drug-likeness (QED) is 0.103. The van der Waals surface area contributed by atoms with E-state index in [1.807, 2.05) is 0 Å². The average molecular weight is 610 g/mol. The Kier molecular flexibility index (Phi) is 9.72. The smallest absolute Gasteiger partial charge is 0.406 e. The Hall–Kier alpha value is -4.53. The number of nitrogens with zero attached hydrogens (tertiary/aromatic N) is 4. The molecular weight excluding hydrogens is 586 g/mol. The second-order valence-corrected chi connectivity index (χ2v) is 9.55. The van der Waals surface area contributed by atoms with Gasteiger partial charge in [-0.3, -0.25) is 0 Å². The Balaban J connectivity index is 1.39. The first kappa shape index (κ1) is 30.4. The van der Waals surface area contributed by atoms with Crippen molar-refractivity contribution in [3.8, 4) is 11.5 Å². The lowest BCUT2D eigenvalue weighted by atomic mass is 10.1. The fraction of sp³-hybridized carbons (Fsp3) is 0.185. The molecule has 0 bridgehead atoms. The predicted octanol–water partition coefficient (Wildman–Crippen LogP) is 6.31. The van der Waals surface area contributed by atoms with Crippen molar-refractivity contribution >= 4 is 46.7 Å². The second-order valence-electron chi connectivity index (χ2n) is 8.47. The maximum Gasteiger partial charge on any atom is 0.573 e. The topological polar surface area (TPSA) is 96.6 Å². The van der Waals surface area contributed by atoms with E-state index in [0.717, 1.165) is 24.3 Å². The predicted molar refractivity (Wildman–Crippen MR) is 149 cm³/mol. The number of rotatable bonds is 8. The molecule has 0 fully saturated rings. The van der Waals surface area contributed by atoms with E-state index in [9.17, 15) is 26.3 Å². The fourth-order valence-corrected chi connectivity index (χ4v) is 4.58. The van der Waals surface area contributed by atoms with Gasteiger partial charge in [0.05, 0.1) is 18.4 Å². The average Bonchev–Trinajstić information content (AvgIpc) is 2.93. The summed E-state index contributed by atoms with van der Waals surface area (Å²) in [5, 5.41) is 4.80. The molecule has 220 valence electrons. The lowest BCUT2D eigenvalue weighted by Crippen LogP contribution is -2.31.